The van der Waals surface area contributed by atoms with Crippen LogP contribution in [0, 0.1) is 0 Å². The van der Waals surface area contributed by atoms with Gasteiger partial charge in [-0.05, 0) is 12.8 Å². The Morgan fingerprint density at radius 3 is 2.83 bits per heavy atom. The lowest BCUT2D eigenvalue weighted by molar-refractivity contribution is 0.175. The largest absolute Gasteiger partial charge is 0.274 e. The number of hydrogen-bond acceptors (Lipinski definition) is 3. The molecule has 1 rings (SSSR count). The first-order chi connectivity index (χ1) is 5.79. The molecule has 0 bridgehead atoms. The fourth-order valence-corrected chi connectivity index (χ4v) is 1.89. The minimum atomic E-state index is 0.413. The predicted molar refractivity (Wildman–Crippen MR) is 55.0 cm³/mol. The van der Waals surface area contributed by atoms with Crippen molar-refractivity contribution in [3.63, 3.8) is 0 Å². The summed E-state index contributed by atoms with van der Waals surface area (Å²) in [6.07, 6.45) is 5.79. The molecule has 70 valence electrons. The lowest BCUT2D eigenvalue weighted by Crippen LogP contribution is -2.34. The van der Waals surface area contributed by atoms with Crippen LogP contribution in [-0.4, -0.2) is 28.0 Å². The molecule has 1 heterocycles. The van der Waals surface area contributed by atoms with E-state index in [0.29, 0.717) is 6.17 Å². The predicted octanol–water partition coefficient (Wildman–Crippen LogP) is 2.39. The summed E-state index contributed by atoms with van der Waals surface area (Å²) in [6, 6.07) is 0. The highest BCUT2D eigenvalue weighted by atomic mass is 79.9. The van der Waals surface area contributed by atoms with E-state index in [4.69, 9.17) is 0 Å². The molecule has 3 nitrogen and oxygen atoms in total. The summed E-state index contributed by atoms with van der Waals surface area (Å²) in [7, 11) is 0. The van der Waals surface area contributed by atoms with E-state index in [-0.39, 0.29) is 0 Å². The number of nitrogens with zero attached hydrogens (tertiary/aromatic N) is 3. The average molecular weight is 234 g/mol. The molecule has 12 heavy (non-hydrogen) atoms. The number of hydrazone groups is 1. The lowest BCUT2D eigenvalue weighted by Gasteiger charge is -2.25. The minimum Gasteiger partial charge on any atom is -0.274 e. The molecule has 0 aliphatic carbocycles. The van der Waals surface area contributed by atoms with Crippen molar-refractivity contribution in [2.45, 2.75) is 39.3 Å². The van der Waals surface area contributed by atoms with E-state index in [0.717, 1.165) is 13.0 Å². The first kappa shape index (κ1) is 9.84. The van der Waals surface area contributed by atoms with Crippen LogP contribution in [-0.2, 0) is 0 Å². The highest BCUT2D eigenvalue weighted by Gasteiger charge is 2.23. The maximum absolute atomic E-state index is 4.29. The third-order valence-corrected chi connectivity index (χ3v) is 2.70. The Bertz CT molecular complexity index is 160. The number of hydrogen-bond donors (Lipinski definition) is 0. The van der Waals surface area contributed by atoms with Gasteiger partial charge in [-0.15, -0.1) is 0 Å². The van der Waals surface area contributed by atoms with Gasteiger partial charge in [-0.25, -0.2) is 0 Å². The third kappa shape index (κ3) is 2.12. The smallest absolute Gasteiger partial charge is 0.129 e. The second-order valence-electron chi connectivity index (χ2n) is 2.98. The van der Waals surface area contributed by atoms with Crippen molar-refractivity contribution in [1.29, 1.82) is 0 Å². The zero-order valence-corrected chi connectivity index (χ0v) is 9.29. The molecule has 0 saturated carbocycles. The van der Waals surface area contributed by atoms with Crippen molar-refractivity contribution in [3.8, 4) is 0 Å². The Balaban J connectivity index is 2.38. The molecule has 1 aliphatic heterocycles. The van der Waals surface area contributed by atoms with Crippen molar-refractivity contribution in [2.24, 2.45) is 5.10 Å². The molecule has 1 unspecified atom stereocenters. The van der Waals surface area contributed by atoms with Gasteiger partial charge in [-0.1, -0.05) is 20.3 Å². The summed E-state index contributed by atoms with van der Waals surface area (Å²) in [4.78, 5) is 0. The van der Waals surface area contributed by atoms with Crippen LogP contribution in [0.15, 0.2) is 5.10 Å². The molecule has 0 saturated heterocycles. The molecule has 0 aromatic heterocycles. The van der Waals surface area contributed by atoms with E-state index in [1.807, 2.05) is 10.3 Å². The number of rotatable bonds is 4. The summed E-state index contributed by atoms with van der Waals surface area (Å²) in [5.41, 5.74) is 0. The molecular weight excluding hydrogens is 218 g/mol. The standard InChI is InChI=1S/C8H16BrN3/c1-3-5-6-12-8(4-2)11(9)7-10-12/h7-8H,3-6H2,1-2H3. The Hall–Kier alpha value is -0.250. The van der Waals surface area contributed by atoms with Crippen LogP contribution in [0.4, 0.5) is 0 Å². The maximum atomic E-state index is 4.29. The Morgan fingerprint density at radius 2 is 2.25 bits per heavy atom. The Kier molecular flexibility index (Phi) is 3.85. The third-order valence-electron chi connectivity index (χ3n) is 2.04. The Labute approximate surface area is 82.8 Å². The highest BCUT2D eigenvalue weighted by molar-refractivity contribution is 9.07. The van der Waals surface area contributed by atoms with Gasteiger partial charge >= 0.3 is 0 Å². The molecule has 4 heteroatoms. The molecule has 0 radical (unpaired) electrons. The van der Waals surface area contributed by atoms with Crippen LogP contribution >= 0.6 is 16.1 Å². The van der Waals surface area contributed by atoms with Gasteiger partial charge in [0.15, 0.2) is 0 Å². The summed E-state index contributed by atoms with van der Waals surface area (Å²) >= 11 is 3.44. The van der Waals surface area contributed by atoms with E-state index >= 15 is 0 Å². The quantitative estimate of drug-likeness (QED) is 0.695. The van der Waals surface area contributed by atoms with Crippen molar-refractivity contribution in [3.05, 3.63) is 0 Å². The number of unbranched alkanes of at least 4 members (excludes halogenated alkanes) is 1. The summed E-state index contributed by atoms with van der Waals surface area (Å²) < 4.78 is 1.99. The molecule has 0 N–H and O–H groups in total. The molecule has 0 aromatic carbocycles. The summed E-state index contributed by atoms with van der Waals surface area (Å²) in [5.74, 6) is 0. The molecule has 0 amide bonds. The molecular formula is C8H16BrN3. The average Bonchev–Trinajstić information content (AvgIpc) is 2.43. The van der Waals surface area contributed by atoms with Crippen molar-refractivity contribution < 1.29 is 0 Å². The fourth-order valence-electron chi connectivity index (χ4n) is 1.31. The normalized spacial score (nSPS) is 22.4. The monoisotopic (exact) mass is 233 g/mol. The van der Waals surface area contributed by atoms with Crippen LogP contribution in [0.2, 0.25) is 0 Å². The zero-order chi connectivity index (χ0) is 8.97. The van der Waals surface area contributed by atoms with Crippen molar-refractivity contribution >= 4 is 22.5 Å². The van der Waals surface area contributed by atoms with Gasteiger partial charge in [0, 0.05) is 6.54 Å². The molecule has 0 spiro atoms. The highest BCUT2D eigenvalue weighted by Crippen LogP contribution is 2.18. The topological polar surface area (TPSA) is 18.8 Å². The van der Waals surface area contributed by atoms with E-state index in [1.54, 1.807) is 0 Å². The van der Waals surface area contributed by atoms with Gasteiger partial charge in [-0.2, -0.15) is 5.10 Å². The molecule has 0 fully saturated rings. The van der Waals surface area contributed by atoms with E-state index in [1.165, 1.54) is 12.8 Å². The van der Waals surface area contributed by atoms with Gasteiger partial charge in [0.05, 0.1) is 16.1 Å². The van der Waals surface area contributed by atoms with Gasteiger partial charge in [-0.3, -0.25) is 8.93 Å². The summed E-state index contributed by atoms with van der Waals surface area (Å²) in [6.45, 7) is 5.44. The van der Waals surface area contributed by atoms with E-state index in [2.05, 4.69) is 40.1 Å². The second-order valence-corrected chi connectivity index (χ2v) is 3.80. The van der Waals surface area contributed by atoms with Crippen LogP contribution in [0.3, 0.4) is 0 Å². The lowest BCUT2D eigenvalue weighted by atomic mass is 10.3. The van der Waals surface area contributed by atoms with Gasteiger partial charge in [0.2, 0.25) is 0 Å². The van der Waals surface area contributed by atoms with Gasteiger partial charge < -0.3 is 0 Å². The van der Waals surface area contributed by atoms with Crippen LogP contribution in [0.1, 0.15) is 33.1 Å². The second kappa shape index (κ2) is 4.70. The van der Waals surface area contributed by atoms with E-state index < -0.39 is 0 Å². The van der Waals surface area contributed by atoms with Crippen LogP contribution in [0.25, 0.3) is 0 Å². The van der Waals surface area contributed by atoms with E-state index in [9.17, 15) is 0 Å². The zero-order valence-electron chi connectivity index (χ0n) is 7.70. The first-order valence-corrected chi connectivity index (χ1v) is 5.25. The van der Waals surface area contributed by atoms with Crippen molar-refractivity contribution in [2.75, 3.05) is 6.54 Å². The maximum Gasteiger partial charge on any atom is 0.129 e. The number of halogens is 1. The van der Waals surface area contributed by atoms with Gasteiger partial charge in [0.1, 0.15) is 12.5 Å². The minimum absolute atomic E-state index is 0.413. The first-order valence-electron chi connectivity index (χ1n) is 4.54. The summed E-state index contributed by atoms with van der Waals surface area (Å²) in [5, 5.41) is 6.43. The molecule has 0 aromatic rings. The van der Waals surface area contributed by atoms with Crippen LogP contribution < -0.4 is 0 Å². The molecule has 1 atom stereocenters. The Morgan fingerprint density at radius 1 is 1.50 bits per heavy atom. The van der Waals surface area contributed by atoms with Crippen molar-refractivity contribution in [1.82, 2.24) is 8.93 Å². The fraction of sp³-hybridized carbons (Fsp3) is 0.875. The van der Waals surface area contributed by atoms with Gasteiger partial charge in [0.25, 0.3) is 0 Å². The van der Waals surface area contributed by atoms with Crippen LogP contribution in [0.5, 0.6) is 0 Å². The molecule has 1 aliphatic rings. The SMILES string of the molecule is CCCCN1N=CN(Br)C1CC.